The average Bonchev–Trinajstić information content (AvgIpc) is 3.96. The molecule has 0 unspecified atom stereocenters. The van der Waals surface area contributed by atoms with Crippen molar-refractivity contribution in [1.82, 2.24) is 9.13 Å². The van der Waals surface area contributed by atoms with E-state index in [2.05, 4.69) is 231 Å². The summed E-state index contributed by atoms with van der Waals surface area (Å²) in [4.78, 5) is 0. The van der Waals surface area contributed by atoms with Crippen LogP contribution >= 0.6 is 0 Å². The van der Waals surface area contributed by atoms with Crippen LogP contribution in [-0.2, 0) is 10.8 Å². The van der Waals surface area contributed by atoms with Crippen LogP contribution in [0.2, 0.25) is 0 Å². The normalized spacial score (nSPS) is 14.3. The van der Waals surface area contributed by atoms with Gasteiger partial charge in [0.05, 0.1) is 22.4 Å². The Hall–Kier alpha value is -7.16. The average molecular weight is 769 g/mol. The molecule has 2 heteroatoms. The summed E-state index contributed by atoms with van der Waals surface area (Å²) in [5.41, 5.74) is 22.5. The minimum atomic E-state index is -0.152. The van der Waals surface area contributed by atoms with Crippen LogP contribution in [-0.4, -0.2) is 9.13 Å². The van der Waals surface area contributed by atoms with Crippen LogP contribution in [0.3, 0.4) is 0 Å². The lowest BCUT2D eigenvalue weighted by Crippen LogP contribution is -2.15. The van der Waals surface area contributed by atoms with Crippen molar-refractivity contribution in [2.24, 2.45) is 0 Å². The van der Waals surface area contributed by atoms with E-state index in [1.54, 1.807) is 0 Å². The lowest BCUT2D eigenvalue weighted by Gasteiger charge is -2.24. The van der Waals surface area contributed by atoms with Crippen LogP contribution in [0.15, 0.2) is 194 Å². The molecule has 0 saturated heterocycles. The molecule has 0 spiro atoms. The highest BCUT2D eigenvalue weighted by molar-refractivity contribution is 6.16. The first-order chi connectivity index (χ1) is 29.3. The molecule has 286 valence electrons. The molecular formula is C58H44N2. The quantitative estimate of drug-likeness (QED) is 0.165. The van der Waals surface area contributed by atoms with Crippen LogP contribution in [0.25, 0.3) is 89.1 Å². The van der Waals surface area contributed by atoms with Crippen molar-refractivity contribution in [3.05, 3.63) is 216 Å². The Labute approximate surface area is 351 Å². The van der Waals surface area contributed by atoms with Gasteiger partial charge in [0.2, 0.25) is 0 Å². The van der Waals surface area contributed by atoms with Crippen molar-refractivity contribution in [2.75, 3.05) is 0 Å². The molecule has 2 nitrogen and oxygen atoms in total. The molecule has 12 rings (SSSR count). The third kappa shape index (κ3) is 4.76. The van der Waals surface area contributed by atoms with Crippen molar-refractivity contribution in [2.45, 2.75) is 38.5 Å². The Balaban J connectivity index is 1.24. The predicted octanol–water partition coefficient (Wildman–Crippen LogP) is 15.2. The maximum absolute atomic E-state index is 2.57. The number of aromatic nitrogens is 2. The van der Waals surface area contributed by atoms with Gasteiger partial charge in [-0.3, -0.25) is 0 Å². The fraction of sp³-hybridized carbons (Fsp3) is 0.103. The van der Waals surface area contributed by atoms with Crippen LogP contribution in [0.5, 0.6) is 0 Å². The minimum absolute atomic E-state index is 0.138. The van der Waals surface area contributed by atoms with Crippen molar-refractivity contribution in [1.29, 1.82) is 0 Å². The zero-order valence-corrected chi connectivity index (χ0v) is 34.4. The van der Waals surface area contributed by atoms with Crippen LogP contribution in [0.4, 0.5) is 0 Å². The predicted molar refractivity (Wildman–Crippen MR) is 252 cm³/mol. The second kappa shape index (κ2) is 12.7. The van der Waals surface area contributed by atoms with Gasteiger partial charge in [0.25, 0.3) is 0 Å². The monoisotopic (exact) mass is 768 g/mol. The van der Waals surface area contributed by atoms with Crippen molar-refractivity contribution >= 4 is 21.8 Å². The summed E-state index contributed by atoms with van der Waals surface area (Å²) in [5.74, 6) is 0. The van der Waals surface area contributed by atoms with Crippen LogP contribution in [0, 0.1) is 0 Å². The van der Waals surface area contributed by atoms with Gasteiger partial charge in [-0.1, -0.05) is 179 Å². The second-order valence-electron chi connectivity index (χ2n) is 17.7. The zero-order valence-electron chi connectivity index (χ0n) is 34.4. The first kappa shape index (κ1) is 34.8. The molecule has 60 heavy (non-hydrogen) atoms. The first-order valence-corrected chi connectivity index (χ1v) is 21.2. The van der Waals surface area contributed by atoms with Crippen LogP contribution in [0.1, 0.15) is 49.9 Å². The molecular weight excluding hydrogens is 725 g/mol. The summed E-state index contributed by atoms with van der Waals surface area (Å²) in [6.45, 7) is 9.54. The van der Waals surface area contributed by atoms with Gasteiger partial charge in [-0.15, -0.1) is 0 Å². The molecule has 2 heterocycles. The third-order valence-corrected chi connectivity index (χ3v) is 13.7. The molecule has 0 bridgehead atoms. The van der Waals surface area contributed by atoms with Gasteiger partial charge in [0.1, 0.15) is 0 Å². The molecule has 2 aliphatic carbocycles. The van der Waals surface area contributed by atoms with Crippen molar-refractivity contribution in [3.63, 3.8) is 0 Å². The van der Waals surface area contributed by atoms with Crippen molar-refractivity contribution in [3.8, 4) is 67.3 Å². The molecule has 0 atom stereocenters. The van der Waals surface area contributed by atoms with Crippen LogP contribution < -0.4 is 0 Å². The van der Waals surface area contributed by atoms with Gasteiger partial charge in [0, 0.05) is 44.1 Å². The van der Waals surface area contributed by atoms with Gasteiger partial charge in [-0.25, -0.2) is 0 Å². The fourth-order valence-corrected chi connectivity index (χ4v) is 10.9. The van der Waals surface area contributed by atoms with E-state index >= 15 is 0 Å². The standard InChI is InChI=1S/C58H44N2/c1-57(2)47-27-15-11-23-41(47)43-33-31-38(35-49(43)57)56-54(53-45-25-13-17-29-51(45)59(39-21-9-6-10-22-39)55(53)37-19-7-5-8-20-37)46-26-14-18-30-52(46)60(56)40-32-34-44-42-24-12-16-28-48(42)58(3,4)50(44)36-40/h5-36H,1-4H3. The minimum Gasteiger partial charge on any atom is -0.309 e. The first-order valence-electron chi connectivity index (χ1n) is 21.2. The summed E-state index contributed by atoms with van der Waals surface area (Å²) in [6, 6.07) is 72.3. The lowest BCUT2D eigenvalue weighted by atomic mass is 9.81. The molecule has 0 N–H and O–H groups in total. The van der Waals surface area contributed by atoms with E-state index in [1.807, 2.05) is 0 Å². The van der Waals surface area contributed by atoms with E-state index in [0.29, 0.717) is 0 Å². The maximum atomic E-state index is 2.57. The highest BCUT2D eigenvalue weighted by atomic mass is 15.0. The van der Waals surface area contributed by atoms with E-state index in [-0.39, 0.29) is 10.8 Å². The Kier molecular flexibility index (Phi) is 7.36. The Morgan fingerprint density at radius 3 is 1.35 bits per heavy atom. The highest BCUT2D eigenvalue weighted by Crippen LogP contribution is 2.55. The van der Waals surface area contributed by atoms with Gasteiger partial charge < -0.3 is 9.13 Å². The lowest BCUT2D eigenvalue weighted by molar-refractivity contribution is 0.659. The number of hydrogen-bond acceptors (Lipinski definition) is 0. The van der Waals surface area contributed by atoms with E-state index in [4.69, 9.17) is 0 Å². The smallest absolute Gasteiger partial charge is 0.0620 e. The Morgan fingerprint density at radius 1 is 0.317 bits per heavy atom. The van der Waals surface area contributed by atoms with Gasteiger partial charge in [0.15, 0.2) is 0 Å². The Morgan fingerprint density at radius 2 is 0.750 bits per heavy atom. The summed E-state index contributed by atoms with van der Waals surface area (Å²) < 4.78 is 5.05. The molecule has 0 saturated carbocycles. The number of nitrogens with zero attached hydrogens (tertiary/aromatic N) is 2. The molecule has 0 fully saturated rings. The summed E-state index contributed by atoms with van der Waals surface area (Å²) in [5, 5.41) is 2.45. The third-order valence-electron chi connectivity index (χ3n) is 13.7. The number of benzene rings is 8. The van der Waals surface area contributed by atoms with Crippen molar-refractivity contribution < 1.29 is 0 Å². The highest BCUT2D eigenvalue weighted by Gasteiger charge is 2.38. The molecule has 8 aromatic carbocycles. The van der Waals surface area contributed by atoms with E-state index in [9.17, 15) is 0 Å². The molecule has 2 aliphatic rings. The summed E-state index contributed by atoms with van der Waals surface area (Å²) in [6.07, 6.45) is 0. The van der Waals surface area contributed by atoms with Gasteiger partial charge >= 0.3 is 0 Å². The maximum Gasteiger partial charge on any atom is 0.0620 e. The molecule has 0 aliphatic heterocycles. The van der Waals surface area contributed by atoms with E-state index in [1.165, 1.54) is 106 Å². The van der Waals surface area contributed by atoms with E-state index in [0.717, 1.165) is 5.69 Å². The largest absolute Gasteiger partial charge is 0.309 e. The fourth-order valence-electron chi connectivity index (χ4n) is 10.9. The van der Waals surface area contributed by atoms with E-state index < -0.39 is 0 Å². The molecule has 0 amide bonds. The second-order valence-corrected chi connectivity index (χ2v) is 17.7. The summed E-state index contributed by atoms with van der Waals surface area (Å²) in [7, 11) is 0. The van der Waals surface area contributed by atoms with Gasteiger partial charge in [-0.2, -0.15) is 0 Å². The number of hydrogen-bond donors (Lipinski definition) is 0. The SMILES string of the molecule is CC1(C)c2ccccc2-c2ccc(-c3c(-c4c(-c5ccccc5)n(-c5ccccc5)c5ccccc45)c4ccccc4n3-c3ccc4c(c3)C(C)(C)c3ccccc3-4)cc21. The molecule has 10 aromatic rings. The Bertz CT molecular complexity index is 3360. The topological polar surface area (TPSA) is 9.86 Å². The van der Waals surface area contributed by atoms with Gasteiger partial charge in [-0.05, 0) is 98.1 Å². The number of rotatable bonds is 5. The number of fused-ring (bicyclic) bond motifs is 8. The zero-order chi connectivity index (χ0) is 40.3. The summed E-state index contributed by atoms with van der Waals surface area (Å²) >= 11 is 0. The number of para-hydroxylation sites is 3. The molecule has 2 aromatic heterocycles. The molecule has 0 radical (unpaired) electrons.